The van der Waals surface area contributed by atoms with Gasteiger partial charge in [0.2, 0.25) is 10.0 Å². The number of anilines is 1. The van der Waals surface area contributed by atoms with E-state index in [2.05, 4.69) is 11.6 Å². The molecule has 166 valence electrons. The number of rotatable bonds is 18. The Morgan fingerprint density at radius 1 is 0.828 bits per heavy atom. The standard InChI is InChI=1S/C23H39NO4S/c1-2-3-4-5-6-7-8-9-10-11-12-13-14-15-19-29(27,28)24-22-18-16-17-21(20-22)23(25)26/h16-18,20,24H,2-15,19H2,1H3,(H,25,26). The van der Waals surface area contributed by atoms with E-state index < -0.39 is 16.0 Å². The van der Waals surface area contributed by atoms with Gasteiger partial charge < -0.3 is 5.11 Å². The van der Waals surface area contributed by atoms with Crippen LogP contribution in [0.3, 0.4) is 0 Å². The predicted molar refractivity (Wildman–Crippen MR) is 121 cm³/mol. The van der Waals surface area contributed by atoms with Crippen LogP contribution in [0.5, 0.6) is 0 Å². The number of sulfonamides is 1. The highest BCUT2D eigenvalue weighted by molar-refractivity contribution is 7.92. The van der Waals surface area contributed by atoms with Gasteiger partial charge in [-0.3, -0.25) is 4.72 Å². The minimum Gasteiger partial charge on any atom is -0.478 e. The van der Waals surface area contributed by atoms with Gasteiger partial charge in [0.15, 0.2) is 0 Å². The van der Waals surface area contributed by atoms with Crippen LogP contribution in [-0.2, 0) is 10.0 Å². The molecule has 0 spiro atoms. The highest BCUT2D eigenvalue weighted by atomic mass is 32.2. The quantitative estimate of drug-likeness (QED) is 0.259. The highest BCUT2D eigenvalue weighted by Crippen LogP contribution is 2.15. The van der Waals surface area contributed by atoms with Gasteiger partial charge in [-0.2, -0.15) is 0 Å². The summed E-state index contributed by atoms with van der Waals surface area (Å²) in [5.74, 6) is -1.000. The van der Waals surface area contributed by atoms with E-state index in [0.717, 1.165) is 12.8 Å². The number of carbonyl (C=O) groups is 1. The summed E-state index contributed by atoms with van der Waals surface area (Å²) in [7, 11) is -3.44. The van der Waals surface area contributed by atoms with Crippen LogP contribution >= 0.6 is 0 Å². The number of unbranched alkanes of at least 4 members (excludes halogenated alkanes) is 13. The maximum atomic E-state index is 12.1. The predicted octanol–water partition coefficient (Wildman–Crippen LogP) is 6.61. The molecule has 0 aromatic heterocycles. The van der Waals surface area contributed by atoms with Crippen molar-refractivity contribution in [3.63, 3.8) is 0 Å². The number of carboxylic acid groups (broad SMARTS) is 1. The molecule has 5 nitrogen and oxygen atoms in total. The third kappa shape index (κ3) is 13.3. The molecule has 0 saturated heterocycles. The van der Waals surface area contributed by atoms with Gasteiger partial charge in [-0.25, -0.2) is 13.2 Å². The summed E-state index contributed by atoms with van der Waals surface area (Å²) in [5, 5.41) is 8.97. The van der Waals surface area contributed by atoms with Crippen LogP contribution < -0.4 is 4.72 Å². The van der Waals surface area contributed by atoms with Crippen LogP contribution in [0.25, 0.3) is 0 Å². The monoisotopic (exact) mass is 425 g/mol. The van der Waals surface area contributed by atoms with E-state index >= 15 is 0 Å². The average molecular weight is 426 g/mol. The van der Waals surface area contributed by atoms with Crippen molar-refractivity contribution in [1.29, 1.82) is 0 Å². The van der Waals surface area contributed by atoms with E-state index in [1.54, 1.807) is 6.07 Å². The smallest absolute Gasteiger partial charge is 0.335 e. The van der Waals surface area contributed by atoms with Gasteiger partial charge in [-0.05, 0) is 24.6 Å². The minimum absolute atomic E-state index is 0.0710. The summed E-state index contributed by atoms with van der Waals surface area (Å²) in [6.07, 6.45) is 17.2. The van der Waals surface area contributed by atoms with E-state index in [4.69, 9.17) is 5.11 Å². The van der Waals surface area contributed by atoms with Gasteiger partial charge in [0.1, 0.15) is 0 Å². The number of benzene rings is 1. The Hall–Kier alpha value is -1.56. The van der Waals surface area contributed by atoms with Gasteiger partial charge in [-0.1, -0.05) is 96.5 Å². The van der Waals surface area contributed by atoms with Crippen molar-refractivity contribution < 1.29 is 18.3 Å². The summed E-state index contributed by atoms with van der Waals surface area (Å²) in [6.45, 7) is 2.25. The first-order chi connectivity index (χ1) is 13.9. The lowest BCUT2D eigenvalue weighted by Crippen LogP contribution is -2.17. The zero-order valence-electron chi connectivity index (χ0n) is 18.0. The van der Waals surface area contributed by atoms with Crippen LogP contribution in [0.4, 0.5) is 5.69 Å². The molecule has 0 fully saturated rings. The average Bonchev–Trinajstić information content (AvgIpc) is 2.68. The van der Waals surface area contributed by atoms with Crippen molar-refractivity contribution in [2.24, 2.45) is 0 Å². The maximum Gasteiger partial charge on any atom is 0.335 e. The van der Waals surface area contributed by atoms with E-state index in [0.29, 0.717) is 12.1 Å². The number of hydrogen-bond donors (Lipinski definition) is 2. The summed E-state index contributed by atoms with van der Waals surface area (Å²) in [6, 6.07) is 5.88. The summed E-state index contributed by atoms with van der Waals surface area (Å²) >= 11 is 0. The van der Waals surface area contributed by atoms with Crippen molar-refractivity contribution in [3.05, 3.63) is 29.8 Å². The second-order valence-corrected chi connectivity index (χ2v) is 9.74. The van der Waals surface area contributed by atoms with Gasteiger partial charge in [0.05, 0.1) is 11.3 Å². The molecule has 0 bridgehead atoms. The van der Waals surface area contributed by atoms with Crippen molar-refractivity contribution in [1.82, 2.24) is 0 Å². The lowest BCUT2D eigenvalue weighted by atomic mass is 10.0. The van der Waals surface area contributed by atoms with Gasteiger partial charge >= 0.3 is 5.97 Å². The molecular formula is C23H39NO4S. The lowest BCUT2D eigenvalue weighted by molar-refractivity contribution is 0.0697. The molecule has 1 rings (SSSR count). The fourth-order valence-corrected chi connectivity index (χ4v) is 4.61. The van der Waals surface area contributed by atoms with E-state index in [9.17, 15) is 13.2 Å². The molecule has 0 aliphatic heterocycles. The molecule has 1 aromatic carbocycles. The third-order valence-electron chi connectivity index (χ3n) is 5.15. The van der Waals surface area contributed by atoms with Crippen LogP contribution in [0, 0.1) is 0 Å². The second kappa shape index (κ2) is 15.3. The Balaban J connectivity index is 2.02. The van der Waals surface area contributed by atoms with E-state index in [-0.39, 0.29) is 11.3 Å². The molecule has 0 aliphatic carbocycles. The van der Waals surface area contributed by atoms with Crippen LogP contribution in [0.15, 0.2) is 24.3 Å². The summed E-state index contributed by atoms with van der Waals surface area (Å²) in [5.41, 5.74) is 0.372. The molecule has 0 unspecified atom stereocenters. The molecule has 0 atom stereocenters. The number of carboxylic acids is 1. The molecule has 1 aromatic rings. The SMILES string of the molecule is CCCCCCCCCCCCCCCCS(=O)(=O)Nc1cccc(C(=O)O)c1. The molecule has 2 N–H and O–H groups in total. The van der Waals surface area contributed by atoms with Crippen LogP contribution in [0.1, 0.15) is 107 Å². The van der Waals surface area contributed by atoms with Gasteiger partial charge in [0, 0.05) is 5.69 Å². The molecule has 0 radical (unpaired) electrons. The Morgan fingerprint density at radius 3 is 1.79 bits per heavy atom. The Kier molecular flexibility index (Phi) is 13.4. The van der Waals surface area contributed by atoms with E-state index in [1.807, 2.05) is 0 Å². The number of nitrogens with one attached hydrogen (secondary N) is 1. The molecule has 0 amide bonds. The molecule has 0 heterocycles. The normalized spacial score (nSPS) is 11.5. The molecule has 29 heavy (non-hydrogen) atoms. The van der Waals surface area contributed by atoms with Gasteiger partial charge in [-0.15, -0.1) is 0 Å². The minimum atomic E-state index is -3.44. The summed E-state index contributed by atoms with van der Waals surface area (Å²) < 4.78 is 26.8. The first-order valence-electron chi connectivity index (χ1n) is 11.3. The topological polar surface area (TPSA) is 83.5 Å². The molecule has 0 saturated carbocycles. The first-order valence-corrected chi connectivity index (χ1v) is 12.9. The summed E-state index contributed by atoms with van der Waals surface area (Å²) in [4.78, 5) is 11.0. The Labute approximate surface area is 177 Å². The molecular weight excluding hydrogens is 386 g/mol. The zero-order valence-corrected chi connectivity index (χ0v) is 18.8. The van der Waals surface area contributed by atoms with Crippen LogP contribution in [0.2, 0.25) is 0 Å². The third-order valence-corrected chi connectivity index (χ3v) is 6.52. The van der Waals surface area contributed by atoms with Gasteiger partial charge in [0.25, 0.3) is 0 Å². The Morgan fingerprint density at radius 2 is 1.31 bits per heavy atom. The van der Waals surface area contributed by atoms with E-state index in [1.165, 1.54) is 88.8 Å². The van der Waals surface area contributed by atoms with Crippen LogP contribution in [-0.4, -0.2) is 25.2 Å². The maximum absolute atomic E-state index is 12.1. The fraction of sp³-hybridized carbons (Fsp3) is 0.696. The lowest BCUT2D eigenvalue weighted by Gasteiger charge is -2.08. The molecule has 0 aliphatic rings. The number of hydrogen-bond acceptors (Lipinski definition) is 3. The number of aromatic carboxylic acids is 1. The fourth-order valence-electron chi connectivity index (χ4n) is 3.43. The highest BCUT2D eigenvalue weighted by Gasteiger charge is 2.11. The van der Waals surface area contributed by atoms with Crippen molar-refractivity contribution in [2.45, 2.75) is 96.8 Å². The second-order valence-electron chi connectivity index (χ2n) is 7.90. The largest absolute Gasteiger partial charge is 0.478 e. The zero-order chi connectivity index (χ0) is 21.4. The first kappa shape index (κ1) is 25.5. The van der Waals surface area contributed by atoms with Crippen molar-refractivity contribution in [2.75, 3.05) is 10.5 Å². The van der Waals surface area contributed by atoms with Crippen molar-refractivity contribution in [3.8, 4) is 0 Å². The molecule has 6 heteroatoms. The Bertz CT molecular complexity index is 673. The van der Waals surface area contributed by atoms with Crippen molar-refractivity contribution >= 4 is 21.7 Å².